The Hall–Kier alpha value is -4.33. The van der Waals surface area contributed by atoms with Gasteiger partial charge in [-0.25, -0.2) is 14.8 Å². The van der Waals surface area contributed by atoms with E-state index in [4.69, 9.17) is 4.74 Å². The normalized spacial score (nSPS) is 13.4. The van der Waals surface area contributed by atoms with Gasteiger partial charge in [-0.1, -0.05) is 48.5 Å². The topological polar surface area (TPSA) is 101 Å². The lowest BCUT2D eigenvalue weighted by Crippen LogP contribution is -2.42. The van der Waals surface area contributed by atoms with E-state index in [1.165, 1.54) is 34.0 Å². The number of allylic oxidation sites excluding steroid dienone is 2. The molecule has 2 amide bonds. The van der Waals surface area contributed by atoms with Crippen molar-refractivity contribution >= 4 is 35.0 Å². The molecule has 2 heterocycles. The highest BCUT2D eigenvalue weighted by molar-refractivity contribution is 6.20. The second-order valence-corrected chi connectivity index (χ2v) is 9.55. The fourth-order valence-corrected chi connectivity index (χ4v) is 3.64. The molecule has 0 spiro atoms. The second-order valence-electron chi connectivity index (χ2n) is 9.55. The number of Topliss-reactive ketones (excluding diaryl/α,β-unsaturated/α-hetero) is 1. The molecule has 37 heavy (non-hydrogen) atoms. The highest BCUT2D eigenvalue weighted by Crippen LogP contribution is 2.22. The van der Waals surface area contributed by atoms with Crippen molar-refractivity contribution in [3.63, 3.8) is 0 Å². The standard InChI is InChI=1S/C18H18N4O4.C11H14/c1-18(2,3)26-17(25)21-11-8-19-16(20-9-11)22-10-14(23)12-6-4-5-7-13(12)15(22)24;1-4-9(2)11-8-6-5-7-10(11)3/h4-9H,10H2,1-3H3,(H,21,25);4-8H,1-3H3/b;9-4-. The zero-order valence-corrected chi connectivity index (χ0v) is 22.0. The number of hydrogen-bond acceptors (Lipinski definition) is 6. The number of aryl methyl sites for hydroxylation is 1. The van der Waals surface area contributed by atoms with Gasteiger partial charge in [0.2, 0.25) is 5.95 Å². The number of aromatic nitrogens is 2. The molecule has 0 fully saturated rings. The van der Waals surface area contributed by atoms with Crippen LogP contribution < -0.4 is 10.2 Å². The van der Waals surface area contributed by atoms with Crippen molar-refractivity contribution in [1.82, 2.24) is 9.97 Å². The molecule has 0 radical (unpaired) electrons. The molecule has 0 saturated heterocycles. The number of ether oxygens (including phenoxy) is 1. The van der Waals surface area contributed by atoms with Crippen LogP contribution in [-0.4, -0.2) is 39.9 Å². The van der Waals surface area contributed by atoms with Crippen LogP contribution in [0.2, 0.25) is 0 Å². The van der Waals surface area contributed by atoms with E-state index in [2.05, 4.69) is 66.4 Å². The predicted octanol–water partition coefficient (Wildman–Crippen LogP) is 6.08. The van der Waals surface area contributed by atoms with E-state index in [0.717, 1.165) is 0 Å². The Bertz CT molecular complexity index is 1320. The zero-order chi connectivity index (χ0) is 27.2. The van der Waals surface area contributed by atoms with Crippen molar-refractivity contribution in [2.45, 2.75) is 47.1 Å². The van der Waals surface area contributed by atoms with E-state index in [-0.39, 0.29) is 24.2 Å². The van der Waals surface area contributed by atoms with Gasteiger partial charge in [0.1, 0.15) is 5.60 Å². The van der Waals surface area contributed by atoms with E-state index < -0.39 is 11.7 Å². The first-order chi connectivity index (χ1) is 17.5. The molecule has 0 saturated carbocycles. The van der Waals surface area contributed by atoms with Crippen molar-refractivity contribution in [2.24, 2.45) is 0 Å². The maximum atomic E-state index is 12.6. The molecule has 8 heteroatoms. The molecule has 1 aliphatic heterocycles. The van der Waals surface area contributed by atoms with Gasteiger partial charge in [-0.2, -0.15) is 0 Å². The Labute approximate surface area is 217 Å². The number of carbonyl (C=O) groups excluding carboxylic acids is 3. The van der Waals surface area contributed by atoms with Crippen LogP contribution in [0.4, 0.5) is 16.4 Å². The van der Waals surface area contributed by atoms with Crippen LogP contribution in [0.25, 0.3) is 5.57 Å². The summed E-state index contributed by atoms with van der Waals surface area (Å²) in [5, 5.41) is 2.51. The van der Waals surface area contributed by atoms with Crippen molar-refractivity contribution in [1.29, 1.82) is 0 Å². The van der Waals surface area contributed by atoms with Gasteiger partial charge in [0.15, 0.2) is 5.78 Å². The largest absolute Gasteiger partial charge is 0.444 e. The number of nitrogens with one attached hydrogen (secondary N) is 1. The first-order valence-corrected chi connectivity index (χ1v) is 11.9. The molecule has 0 atom stereocenters. The molecule has 192 valence electrons. The summed E-state index contributed by atoms with van der Waals surface area (Å²) in [6.07, 6.45) is 4.21. The number of hydrogen-bond donors (Lipinski definition) is 1. The third kappa shape index (κ3) is 7.10. The zero-order valence-electron chi connectivity index (χ0n) is 22.0. The summed E-state index contributed by atoms with van der Waals surface area (Å²) in [6.45, 7) is 11.5. The third-order valence-electron chi connectivity index (χ3n) is 5.53. The fraction of sp³-hybridized carbons (Fsp3) is 0.276. The average molecular weight is 501 g/mol. The molecule has 1 aliphatic rings. The van der Waals surface area contributed by atoms with Crippen LogP contribution in [0.5, 0.6) is 0 Å². The third-order valence-corrected chi connectivity index (χ3v) is 5.53. The van der Waals surface area contributed by atoms with E-state index in [9.17, 15) is 14.4 Å². The Morgan fingerprint density at radius 2 is 1.59 bits per heavy atom. The number of benzene rings is 2. The summed E-state index contributed by atoms with van der Waals surface area (Å²) in [7, 11) is 0. The van der Waals surface area contributed by atoms with E-state index in [1.54, 1.807) is 45.0 Å². The Morgan fingerprint density at radius 1 is 1.00 bits per heavy atom. The number of nitrogens with zero attached hydrogens (tertiary/aromatic N) is 3. The minimum absolute atomic E-state index is 0.0904. The molecular formula is C29H32N4O4. The SMILES string of the molecule is C/C=C(/C)c1ccccc1C.CC(C)(C)OC(=O)Nc1cnc(N2CC(=O)c3ccccc3C2=O)nc1. The molecule has 0 bridgehead atoms. The summed E-state index contributed by atoms with van der Waals surface area (Å²) >= 11 is 0. The number of anilines is 2. The molecule has 3 aromatic rings. The van der Waals surface area contributed by atoms with Gasteiger partial charge in [0.25, 0.3) is 5.91 Å². The average Bonchev–Trinajstić information content (AvgIpc) is 2.86. The minimum Gasteiger partial charge on any atom is -0.444 e. The van der Waals surface area contributed by atoms with Crippen molar-refractivity contribution in [3.05, 3.63) is 89.3 Å². The van der Waals surface area contributed by atoms with Gasteiger partial charge in [-0.15, -0.1) is 0 Å². The first-order valence-electron chi connectivity index (χ1n) is 11.9. The lowest BCUT2D eigenvalue weighted by molar-refractivity contribution is 0.0635. The van der Waals surface area contributed by atoms with Crippen molar-refractivity contribution in [3.8, 4) is 0 Å². The minimum atomic E-state index is -0.632. The van der Waals surface area contributed by atoms with Gasteiger partial charge in [0, 0.05) is 5.56 Å². The highest BCUT2D eigenvalue weighted by atomic mass is 16.6. The highest BCUT2D eigenvalue weighted by Gasteiger charge is 2.32. The lowest BCUT2D eigenvalue weighted by atomic mass is 9.98. The molecule has 8 nitrogen and oxygen atoms in total. The van der Waals surface area contributed by atoms with Gasteiger partial charge in [-0.05, 0) is 64.3 Å². The van der Waals surface area contributed by atoms with Crippen LogP contribution in [0.15, 0.2) is 67.0 Å². The van der Waals surface area contributed by atoms with Gasteiger partial charge in [-0.3, -0.25) is 19.8 Å². The van der Waals surface area contributed by atoms with Crippen LogP contribution in [-0.2, 0) is 4.74 Å². The molecule has 0 unspecified atom stereocenters. The van der Waals surface area contributed by atoms with Crippen LogP contribution in [0.1, 0.15) is 66.5 Å². The summed E-state index contributed by atoms with van der Waals surface area (Å²) < 4.78 is 5.14. The van der Waals surface area contributed by atoms with Crippen LogP contribution in [0.3, 0.4) is 0 Å². The summed E-state index contributed by atoms with van der Waals surface area (Å²) in [5.41, 5.74) is 4.47. The van der Waals surface area contributed by atoms with E-state index in [0.29, 0.717) is 16.8 Å². The number of ketones is 1. The van der Waals surface area contributed by atoms with Gasteiger partial charge < -0.3 is 4.74 Å². The number of rotatable bonds is 3. The van der Waals surface area contributed by atoms with Gasteiger partial charge >= 0.3 is 6.09 Å². The Balaban J connectivity index is 0.000000289. The summed E-state index contributed by atoms with van der Waals surface area (Å²) in [6, 6.07) is 15.1. The maximum absolute atomic E-state index is 12.6. The smallest absolute Gasteiger partial charge is 0.412 e. The summed E-state index contributed by atoms with van der Waals surface area (Å²) in [5.74, 6) is -0.430. The number of carbonyl (C=O) groups is 3. The summed E-state index contributed by atoms with van der Waals surface area (Å²) in [4.78, 5) is 45.9. The first kappa shape index (κ1) is 27.3. The van der Waals surface area contributed by atoms with E-state index >= 15 is 0 Å². The van der Waals surface area contributed by atoms with Crippen LogP contribution >= 0.6 is 0 Å². The molecule has 2 aromatic carbocycles. The van der Waals surface area contributed by atoms with E-state index in [1.807, 2.05) is 0 Å². The van der Waals surface area contributed by atoms with Gasteiger partial charge in [0.05, 0.1) is 30.2 Å². The molecular weight excluding hydrogens is 468 g/mol. The molecule has 1 aromatic heterocycles. The monoisotopic (exact) mass is 500 g/mol. The van der Waals surface area contributed by atoms with Crippen LogP contribution in [0, 0.1) is 6.92 Å². The quantitative estimate of drug-likeness (QED) is 0.467. The lowest BCUT2D eigenvalue weighted by Gasteiger charge is -2.25. The number of fused-ring (bicyclic) bond motifs is 1. The maximum Gasteiger partial charge on any atom is 0.412 e. The van der Waals surface area contributed by atoms with Crippen molar-refractivity contribution in [2.75, 3.05) is 16.8 Å². The number of amides is 2. The Kier molecular flexibility index (Phi) is 8.55. The molecule has 1 N–H and O–H groups in total. The molecule has 4 rings (SSSR count). The fourth-order valence-electron chi connectivity index (χ4n) is 3.64. The second kappa shape index (κ2) is 11.6. The predicted molar refractivity (Wildman–Crippen MR) is 145 cm³/mol. The Morgan fingerprint density at radius 3 is 2.19 bits per heavy atom. The molecule has 0 aliphatic carbocycles. The van der Waals surface area contributed by atoms with Crippen molar-refractivity contribution < 1.29 is 19.1 Å².